The van der Waals surface area contributed by atoms with Crippen molar-refractivity contribution >= 4 is 32.6 Å². The summed E-state index contributed by atoms with van der Waals surface area (Å²) in [5.41, 5.74) is 3.97. The van der Waals surface area contributed by atoms with Gasteiger partial charge in [0.1, 0.15) is 0 Å². The second kappa shape index (κ2) is 4.92. The molecule has 104 valence electrons. The Labute approximate surface area is 124 Å². The summed E-state index contributed by atoms with van der Waals surface area (Å²) in [4.78, 5) is 3.60. The number of H-pyrrole nitrogens is 1. The lowest BCUT2D eigenvalue weighted by molar-refractivity contribution is 0.799. The van der Waals surface area contributed by atoms with Gasteiger partial charge in [0, 0.05) is 21.7 Å². The van der Waals surface area contributed by atoms with Gasteiger partial charge in [0.15, 0.2) is 0 Å². The maximum Gasteiger partial charge on any atom is 0.0544 e. The van der Waals surface area contributed by atoms with E-state index in [1.807, 2.05) is 0 Å². The number of aromatic nitrogens is 1. The van der Waals surface area contributed by atoms with E-state index in [2.05, 4.69) is 66.5 Å². The molecule has 3 aromatic carbocycles. The van der Waals surface area contributed by atoms with Gasteiger partial charge in [-0.1, -0.05) is 55.8 Å². The molecule has 0 atom stereocenters. The average molecular weight is 273 g/mol. The van der Waals surface area contributed by atoms with Gasteiger partial charge in [-0.3, -0.25) is 0 Å². The number of nitrogens with one attached hydrogen (secondary N) is 1. The number of fused-ring (bicyclic) bond motifs is 5. The molecular formula is C20H19N. The van der Waals surface area contributed by atoms with Gasteiger partial charge in [0.25, 0.3) is 0 Å². The molecule has 0 unspecified atom stereocenters. The van der Waals surface area contributed by atoms with Gasteiger partial charge in [0.05, 0.1) is 5.52 Å². The molecule has 1 heterocycles. The number of aromatic amines is 1. The average Bonchev–Trinajstić information content (AvgIpc) is 2.91. The molecule has 0 saturated carbocycles. The van der Waals surface area contributed by atoms with Crippen LogP contribution in [0.3, 0.4) is 0 Å². The maximum atomic E-state index is 3.60. The number of benzene rings is 3. The Morgan fingerprint density at radius 1 is 0.810 bits per heavy atom. The summed E-state index contributed by atoms with van der Waals surface area (Å²) in [6.45, 7) is 2.26. The zero-order valence-corrected chi connectivity index (χ0v) is 12.3. The van der Waals surface area contributed by atoms with Crippen molar-refractivity contribution in [1.29, 1.82) is 0 Å². The first-order valence-corrected chi connectivity index (χ1v) is 7.79. The third-order valence-electron chi connectivity index (χ3n) is 4.41. The first-order chi connectivity index (χ1) is 10.4. The number of para-hydroxylation sites is 1. The molecule has 4 rings (SSSR count). The van der Waals surface area contributed by atoms with Crippen molar-refractivity contribution in [3.05, 3.63) is 60.2 Å². The fraction of sp³-hybridized carbons (Fsp3) is 0.200. The van der Waals surface area contributed by atoms with Gasteiger partial charge < -0.3 is 4.98 Å². The molecular weight excluding hydrogens is 254 g/mol. The third kappa shape index (κ3) is 1.92. The summed E-state index contributed by atoms with van der Waals surface area (Å²) < 4.78 is 0. The molecule has 1 nitrogen and oxygen atoms in total. The quantitative estimate of drug-likeness (QED) is 0.484. The minimum Gasteiger partial charge on any atom is -0.354 e. The Morgan fingerprint density at radius 3 is 2.33 bits per heavy atom. The number of hydrogen-bond acceptors (Lipinski definition) is 0. The van der Waals surface area contributed by atoms with Gasteiger partial charge in [-0.25, -0.2) is 0 Å². The second-order valence-corrected chi connectivity index (χ2v) is 5.78. The molecule has 0 aliphatic heterocycles. The van der Waals surface area contributed by atoms with E-state index in [9.17, 15) is 0 Å². The van der Waals surface area contributed by atoms with Gasteiger partial charge in [-0.15, -0.1) is 0 Å². The van der Waals surface area contributed by atoms with Crippen molar-refractivity contribution in [3.8, 4) is 0 Å². The Kier molecular flexibility index (Phi) is 2.92. The van der Waals surface area contributed by atoms with Crippen LogP contribution in [-0.2, 0) is 6.42 Å². The highest BCUT2D eigenvalue weighted by molar-refractivity contribution is 6.17. The SMILES string of the molecule is CCCCc1cc2c3ccccc3[nH]c2c2ccccc12. The fourth-order valence-corrected chi connectivity index (χ4v) is 3.33. The predicted molar refractivity (Wildman–Crippen MR) is 91.9 cm³/mol. The van der Waals surface area contributed by atoms with Crippen LogP contribution in [0.15, 0.2) is 54.6 Å². The second-order valence-electron chi connectivity index (χ2n) is 5.78. The molecule has 0 aliphatic carbocycles. The summed E-state index contributed by atoms with van der Waals surface area (Å²) in [6, 6.07) is 19.8. The number of rotatable bonds is 3. The molecule has 0 fully saturated rings. The highest BCUT2D eigenvalue weighted by Gasteiger charge is 2.10. The van der Waals surface area contributed by atoms with Crippen LogP contribution in [0, 0.1) is 0 Å². The van der Waals surface area contributed by atoms with Crippen molar-refractivity contribution in [2.75, 3.05) is 0 Å². The van der Waals surface area contributed by atoms with Crippen LogP contribution in [0.1, 0.15) is 25.3 Å². The lowest BCUT2D eigenvalue weighted by Crippen LogP contribution is -1.88. The standard InChI is InChI=1S/C20H19N/c1-2-3-8-14-13-18-16-10-6-7-12-19(16)21-20(18)17-11-5-4-9-15(14)17/h4-7,9-13,21H,2-3,8H2,1H3. The molecule has 0 radical (unpaired) electrons. The number of hydrogen-bond donors (Lipinski definition) is 1. The monoisotopic (exact) mass is 273 g/mol. The first-order valence-electron chi connectivity index (χ1n) is 7.79. The van der Waals surface area contributed by atoms with Crippen LogP contribution in [0.25, 0.3) is 32.6 Å². The molecule has 1 heteroatoms. The molecule has 0 saturated heterocycles. The third-order valence-corrected chi connectivity index (χ3v) is 4.41. The van der Waals surface area contributed by atoms with Gasteiger partial charge in [-0.05, 0) is 35.9 Å². The summed E-state index contributed by atoms with van der Waals surface area (Å²) >= 11 is 0. The zero-order valence-electron chi connectivity index (χ0n) is 12.3. The Balaban J connectivity index is 2.13. The minimum absolute atomic E-state index is 1.16. The smallest absolute Gasteiger partial charge is 0.0544 e. The van der Waals surface area contributed by atoms with E-state index in [0.29, 0.717) is 0 Å². The fourth-order valence-electron chi connectivity index (χ4n) is 3.33. The van der Waals surface area contributed by atoms with E-state index in [-0.39, 0.29) is 0 Å². The lowest BCUT2D eigenvalue weighted by Gasteiger charge is -2.08. The van der Waals surface area contributed by atoms with E-state index < -0.39 is 0 Å². The maximum absolute atomic E-state index is 3.60. The van der Waals surface area contributed by atoms with Crippen molar-refractivity contribution in [3.63, 3.8) is 0 Å². The van der Waals surface area contributed by atoms with E-state index in [4.69, 9.17) is 0 Å². The molecule has 0 spiro atoms. The molecule has 0 aliphatic rings. The van der Waals surface area contributed by atoms with Crippen molar-refractivity contribution in [1.82, 2.24) is 4.98 Å². The highest BCUT2D eigenvalue weighted by atomic mass is 14.7. The van der Waals surface area contributed by atoms with Crippen LogP contribution in [0.5, 0.6) is 0 Å². The van der Waals surface area contributed by atoms with Crippen molar-refractivity contribution < 1.29 is 0 Å². The lowest BCUT2D eigenvalue weighted by atomic mass is 9.97. The summed E-state index contributed by atoms with van der Waals surface area (Å²) in [6.07, 6.45) is 3.64. The normalized spacial score (nSPS) is 11.7. The summed E-state index contributed by atoms with van der Waals surface area (Å²) in [5, 5.41) is 5.42. The summed E-state index contributed by atoms with van der Waals surface area (Å²) in [7, 11) is 0. The molecule has 1 N–H and O–H groups in total. The van der Waals surface area contributed by atoms with Crippen LogP contribution in [0.4, 0.5) is 0 Å². The Morgan fingerprint density at radius 2 is 1.52 bits per heavy atom. The van der Waals surface area contributed by atoms with Crippen LogP contribution in [-0.4, -0.2) is 4.98 Å². The largest absolute Gasteiger partial charge is 0.354 e. The van der Waals surface area contributed by atoms with E-state index in [1.165, 1.54) is 51.0 Å². The first kappa shape index (κ1) is 12.5. The Hall–Kier alpha value is -2.28. The number of aryl methyl sites for hydroxylation is 1. The van der Waals surface area contributed by atoms with E-state index in [1.54, 1.807) is 0 Å². The topological polar surface area (TPSA) is 15.8 Å². The van der Waals surface area contributed by atoms with Crippen LogP contribution in [0.2, 0.25) is 0 Å². The van der Waals surface area contributed by atoms with E-state index in [0.717, 1.165) is 6.42 Å². The molecule has 1 aromatic heterocycles. The summed E-state index contributed by atoms with van der Waals surface area (Å²) in [5.74, 6) is 0. The number of unbranched alkanes of at least 4 members (excludes halogenated alkanes) is 1. The van der Waals surface area contributed by atoms with Crippen LogP contribution < -0.4 is 0 Å². The highest BCUT2D eigenvalue weighted by Crippen LogP contribution is 2.33. The van der Waals surface area contributed by atoms with Crippen molar-refractivity contribution in [2.24, 2.45) is 0 Å². The molecule has 0 bridgehead atoms. The van der Waals surface area contributed by atoms with E-state index >= 15 is 0 Å². The minimum atomic E-state index is 1.16. The molecule has 4 aromatic rings. The van der Waals surface area contributed by atoms with Crippen molar-refractivity contribution in [2.45, 2.75) is 26.2 Å². The Bertz CT molecular complexity index is 930. The molecule has 21 heavy (non-hydrogen) atoms. The van der Waals surface area contributed by atoms with Gasteiger partial charge >= 0.3 is 0 Å². The van der Waals surface area contributed by atoms with Gasteiger partial charge in [0.2, 0.25) is 0 Å². The predicted octanol–water partition coefficient (Wildman–Crippen LogP) is 5.82. The van der Waals surface area contributed by atoms with Gasteiger partial charge in [-0.2, -0.15) is 0 Å². The van der Waals surface area contributed by atoms with Crippen LogP contribution >= 0.6 is 0 Å². The zero-order chi connectivity index (χ0) is 14.2. The molecule has 0 amide bonds.